The van der Waals surface area contributed by atoms with E-state index in [4.69, 9.17) is 27.9 Å². The number of halogens is 2. The largest absolute Gasteiger partial charge is 0.481 e. The normalized spacial score (nSPS) is 11.7. The van der Waals surface area contributed by atoms with Crippen LogP contribution in [0.5, 0.6) is 5.75 Å². The van der Waals surface area contributed by atoms with E-state index >= 15 is 0 Å². The number of benzene rings is 3. The minimum absolute atomic E-state index is 0.292. The van der Waals surface area contributed by atoms with Crippen LogP contribution in [0, 0.1) is 0 Å². The van der Waals surface area contributed by atoms with Crippen LogP contribution in [0.15, 0.2) is 72.8 Å². The fourth-order valence-corrected chi connectivity index (χ4v) is 3.16. The molecule has 0 radical (unpaired) electrons. The molecule has 3 rings (SSSR count). The van der Waals surface area contributed by atoms with Gasteiger partial charge < -0.3 is 10.1 Å². The first-order chi connectivity index (χ1) is 13.1. The van der Waals surface area contributed by atoms with Gasteiger partial charge in [-0.1, -0.05) is 78.7 Å². The fourth-order valence-electron chi connectivity index (χ4n) is 2.66. The summed E-state index contributed by atoms with van der Waals surface area (Å²) in [4.78, 5) is 12.6. The summed E-state index contributed by atoms with van der Waals surface area (Å²) in [6, 6.07) is 22.8. The van der Waals surface area contributed by atoms with Crippen LogP contribution in [0.1, 0.15) is 13.3 Å². The van der Waals surface area contributed by atoms with E-state index in [1.165, 1.54) is 0 Å². The number of carbonyl (C=O) groups excluding carboxylic acids is 1. The first-order valence-electron chi connectivity index (χ1n) is 8.65. The van der Waals surface area contributed by atoms with Crippen molar-refractivity contribution in [2.75, 3.05) is 5.32 Å². The second-order valence-electron chi connectivity index (χ2n) is 5.99. The van der Waals surface area contributed by atoms with Gasteiger partial charge in [-0.05, 0) is 41.8 Å². The van der Waals surface area contributed by atoms with Crippen molar-refractivity contribution in [2.45, 2.75) is 19.4 Å². The molecule has 3 aromatic rings. The van der Waals surface area contributed by atoms with Crippen molar-refractivity contribution in [3.05, 3.63) is 82.8 Å². The van der Waals surface area contributed by atoms with Gasteiger partial charge in [0.15, 0.2) is 6.10 Å². The third-order valence-electron chi connectivity index (χ3n) is 4.11. The zero-order valence-electron chi connectivity index (χ0n) is 14.8. The maximum atomic E-state index is 12.6. The van der Waals surface area contributed by atoms with Crippen molar-refractivity contribution < 1.29 is 9.53 Å². The van der Waals surface area contributed by atoms with Crippen molar-refractivity contribution in [1.29, 1.82) is 0 Å². The van der Waals surface area contributed by atoms with Crippen LogP contribution in [0.4, 0.5) is 5.69 Å². The molecule has 0 aliphatic heterocycles. The molecule has 0 saturated heterocycles. The van der Waals surface area contributed by atoms with E-state index in [-0.39, 0.29) is 5.91 Å². The molecule has 3 nitrogen and oxygen atoms in total. The maximum absolute atomic E-state index is 12.6. The third-order valence-corrected chi connectivity index (χ3v) is 4.74. The van der Waals surface area contributed by atoms with Gasteiger partial charge in [0.1, 0.15) is 5.75 Å². The van der Waals surface area contributed by atoms with E-state index in [0.717, 1.165) is 11.1 Å². The molecular formula is C22H19Cl2NO2. The molecule has 0 spiro atoms. The fraction of sp³-hybridized carbons (Fsp3) is 0.136. The molecule has 1 N–H and O–H groups in total. The van der Waals surface area contributed by atoms with E-state index in [2.05, 4.69) is 5.32 Å². The van der Waals surface area contributed by atoms with E-state index in [1.807, 2.05) is 61.5 Å². The highest BCUT2D eigenvalue weighted by atomic mass is 35.5. The molecule has 1 amide bonds. The van der Waals surface area contributed by atoms with E-state index in [9.17, 15) is 4.79 Å². The van der Waals surface area contributed by atoms with E-state index < -0.39 is 6.10 Å². The molecule has 0 saturated carbocycles. The molecule has 1 atom stereocenters. The standard InChI is InChI=1S/C22H19Cl2NO2/c1-2-20(22(26)25-21-18(23)9-6-10-19(21)24)27-17-13-11-16(12-14-17)15-7-4-3-5-8-15/h3-14,20H,2H2,1H3,(H,25,26). The molecule has 3 aromatic carbocycles. The van der Waals surface area contributed by atoms with Gasteiger partial charge >= 0.3 is 0 Å². The summed E-state index contributed by atoms with van der Waals surface area (Å²) in [5.74, 6) is 0.335. The number of carbonyl (C=O) groups is 1. The average molecular weight is 400 g/mol. The molecule has 0 fully saturated rings. The lowest BCUT2D eigenvalue weighted by molar-refractivity contribution is -0.122. The zero-order valence-corrected chi connectivity index (χ0v) is 16.3. The van der Waals surface area contributed by atoms with Gasteiger partial charge in [0, 0.05) is 0 Å². The quantitative estimate of drug-likeness (QED) is 0.516. The Morgan fingerprint density at radius 3 is 2.07 bits per heavy atom. The highest BCUT2D eigenvalue weighted by Gasteiger charge is 2.20. The molecule has 0 aliphatic rings. The van der Waals surface area contributed by atoms with E-state index in [1.54, 1.807) is 18.2 Å². The average Bonchev–Trinajstić information content (AvgIpc) is 2.70. The summed E-state index contributed by atoms with van der Waals surface area (Å²) in [6.07, 6.45) is -0.145. The number of nitrogens with one attached hydrogen (secondary N) is 1. The van der Waals surface area contributed by atoms with E-state index in [0.29, 0.717) is 27.9 Å². The topological polar surface area (TPSA) is 38.3 Å². The molecule has 0 aliphatic carbocycles. The van der Waals surface area contributed by atoms with Gasteiger partial charge in [0.25, 0.3) is 5.91 Å². The van der Waals surface area contributed by atoms with Crippen molar-refractivity contribution in [3.63, 3.8) is 0 Å². The molecular weight excluding hydrogens is 381 g/mol. The van der Waals surface area contributed by atoms with Crippen LogP contribution >= 0.6 is 23.2 Å². The van der Waals surface area contributed by atoms with Gasteiger partial charge in [-0.15, -0.1) is 0 Å². The van der Waals surface area contributed by atoms with Crippen LogP contribution in [-0.2, 0) is 4.79 Å². The number of rotatable bonds is 6. The van der Waals surface area contributed by atoms with Gasteiger partial charge in [-0.3, -0.25) is 4.79 Å². The van der Waals surface area contributed by atoms with Crippen molar-refractivity contribution in [2.24, 2.45) is 0 Å². The zero-order chi connectivity index (χ0) is 19.2. The lowest BCUT2D eigenvalue weighted by Crippen LogP contribution is -2.32. The Hall–Kier alpha value is -2.49. The van der Waals surface area contributed by atoms with Crippen molar-refractivity contribution in [1.82, 2.24) is 0 Å². The number of ether oxygens (including phenoxy) is 1. The van der Waals surface area contributed by atoms with Gasteiger partial charge in [-0.25, -0.2) is 0 Å². The predicted molar refractivity (Wildman–Crippen MR) is 112 cm³/mol. The highest BCUT2D eigenvalue weighted by molar-refractivity contribution is 6.39. The van der Waals surface area contributed by atoms with Crippen LogP contribution < -0.4 is 10.1 Å². The van der Waals surface area contributed by atoms with Crippen LogP contribution in [-0.4, -0.2) is 12.0 Å². The molecule has 1 unspecified atom stereocenters. The van der Waals surface area contributed by atoms with Crippen molar-refractivity contribution >= 4 is 34.8 Å². The third kappa shape index (κ3) is 4.82. The Bertz CT molecular complexity index is 891. The molecule has 0 aromatic heterocycles. The second-order valence-corrected chi connectivity index (χ2v) is 6.81. The van der Waals surface area contributed by atoms with Gasteiger partial charge in [0.05, 0.1) is 15.7 Å². The summed E-state index contributed by atoms with van der Waals surface area (Å²) in [7, 11) is 0. The molecule has 5 heteroatoms. The summed E-state index contributed by atoms with van der Waals surface area (Å²) in [6.45, 7) is 1.89. The number of hydrogen-bond acceptors (Lipinski definition) is 2. The summed E-state index contributed by atoms with van der Waals surface area (Å²) in [5.41, 5.74) is 2.61. The number of para-hydroxylation sites is 1. The maximum Gasteiger partial charge on any atom is 0.265 e. The number of anilines is 1. The lowest BCUT2D eigenvalue weighted by atomic mass is 10.1. The summed E-state index contributed by atoms with van der Waals surface area (Å²) >= 11 is 12.2. The lowest BCUT2D eigenvalue weighted by Gasteiger charge is -2.18. The van der Waals surface area contributed by atoms with Crippen LogP contribution in [0.3, 0.4) is 0 Å². The highest BCUT2D eigenvalue weighted by Crippen LogP contribution is 2.30. The monoisotopic (exact) mass is 399 g/mol. The first kappa shape index (κ1) is 19.3. The minimum Gasteiger partial charge on any atom is -0.481 e. The van der Waals surface area contributed by atoms with Gasteiger partial charge in [0.2, 0.25) is 0 Å². The molecule has 27 heavy (non-hydrogen) atoms. The summed E-state index contributed by atoms with van der Waals surface area (Å²) in [5, 5.41) is 3.53. The van der Waals surface area contributed by atoms with Crippen LogP contribution in [0.25, 0.3) is 11.1 Å². The van der Waals surface area contributed by atoms with Crippen LogP contribution in [0.2, 0.25) is 10.0 Å². The Kier molecular flexibility index (Phi) is 6.38. The minimum atomic E-state index is -0.653. The first-order valence-corrected chi connectivity index (χ1v) is 9.41. The van der Waals surface area contributed by atoms with Crippen molar-refractivity contribution in [3.8, 4) is 16.9 Å². The Morgan fingerprint density at radius 2 is 1.48 bits per heavy atom. The molecule has 138 valence electrons. The number of amides is 1. The Balaban J connectivity index is 1.70. The molecule has 0 bridgehead atoms. The smallest absolute Gasteiger partial charge is 0.265 e. The SMILES string of the molecule is CCC(Oc1ccc(-c2ccccc2)cc1)C(=O)Nc1c(Cl)cccc1Cl. The molecule has 0 heterocycles. The number of hydrogen-bond donors (Lipinski definition) is 1. The Labute approximate surface area is 168 Å². The Morgan fingerprint density at radius 1 is 0.889 bits per heavy atom. The predicted octanol–water partition coefficient (Wildman–Crippen LogP) is 6.46. The van der Waals surface area contributed by atoms with Gasteiger partial charge in [-0.2, -0.15) is 0 Å². The summed E-state index contributed by atoms with van der Waals surface area (Å²) < 4.78 is 5.87. The second kappa shape index (κ2) is 8.94.